The van der Waals surface area contributed by atoms with Crippen LogP contribution < -0.4 is 5.32 Å². The molecule has 0 saturated heterocycles. The average Bonchev–Trinajstić information content (AvgIpc) is 3.11. The summed E-state index contributed by atoms with van der Waals surface area (Å²) >= 11 is 1.49. The Bertz CT molecular complexity index is 999. The highest BCUT2D eigenvalue weighted by molar-refractivity contribution is 7.21. The van der Waals surface area contributed by atoms with Crippen molar-refractivity contribution in [1.29, 1.82) is 0 Å². The third kappa shape index (κ3) is 3.22. The number of amides is 1. The zero-order chi connectivity index (χ0) is 17.1. The third-order valence-corrected chi connectivity index (χ3v) is 4.61. The smallest absolute Gasteiger partial charge is 0.272 e. The first kappa shape index (κ1) is 15.3. The van der Waals surface area contributed by atoms with Gasteiger partial charge in [0, 0.05) is 18.6 Å². The summed E-state index contributed by atoms with van der Waals surface area (Å²) in [5, 5.41) is 3.51. The highest BCUT2D eigenvalue weighted by Crippen LogP contribution is 2.29. The summed E-state index contributed by atoms with van der Waals surface area (Å²) in [5.74, 6) is -0.298. The number of thiazole rings is 1. The van der Waals surface area contributed by atoms with Crippen LogP contribution in [-0.4, -0.2) is 25.8 Å². The number of hydrogen-bond donors (Lipinski definition) is 1. The number of rotatable bonds is 4. The van der Waals surface area contributed by atoms with Crippen molar-refractivity contribution in [2.24, 2.45) is 0 Å². The van der Waals surface area contributed by atoms with Gasteiger partial charge < -0.3 is 5.32 Å². The molecule has 0 aliphatic rings. The van der Waals surface area contributed by atoms with E-state index >= 15 is 0 Å². The fourth-order valence-corrected chi connectivity index (χ4v) is 3.35. The molecule has 1 amide bonds. The van der Waals surface area contributed by atoms with Gasteiger partial charge in [0.05, 0.1) is 22.5 Å². The number of para-hydroxylation sites is 1. The molecule has 7 heteroatoms. The lowest BCUT2D eigenvalue weighted by Crippen LogP contribution is -2.25. The molecule has 1 aromatic carbocycles. The van der Waals surface area contributed by atoms with E-state index in [2.05, 4.69) is 25.3 Å². The van der Waals surface area contributed by atoms with Gasteiger partial charge in [-0.1, -0.05) is 18.2 Å². The third-order valence-electron chi connectivity index (χ3n) is 3.57. The van der Waals surface area contributed by atoms with E-state index < -0.39 is 0 Å². The van der Waals surface area contributed by atoms with Gasteiger partial charge in [-0.15, -0.1) is 11.3 Å². The Kier molecular flexibility index (Phi) is 4.14. The van der Waals surface area contributed by atoms with E-state index in [0.29, 0.717) is 17.2 Å². The van der Waals surface area contributed by atoms with Gasteiger partial charge in [0.1, 0.15) is 10.7 Å². The normalized spacial score (nSPS) is 10.7. The number of carbonyl (C=O) groups is 1. The summed E-state index contributed by atoms with van der Waals surface area (Å²) in [4.78, 5) is 29.9. The molecule has 0 spiro atoms. The van der Waals surface area contributed by atoms with Crippen molar-refractivity contribution in [3.05, 3.63) is 72.4 Å². The first-order valence-corrected chi connectivity index (χ1v) is 8.48. The number of nitrogens with zero attached hydrogens (tertiary/aromatic N) is 4. The first-order valence-electron chi connectivity index (χ1n) is 7.66. The summed E-state index contributed by atoms with van der Waals surface area (Å²) in [6.07, 6.45) is 4.76. The highest BCUT2D eigenvalue weighted by Gasteiger charge is 2.18. The quantitative estimate of drug-likeness (QED) is 0.613. The maximum absolute atomic E-state index is 12.6. The minimum atomic E-state index is -0.298. The van der Waals surface area contributed by atoms with Crippen molar-refractivity contribution in [3.63, 3.8) is 0 Å². The number of hydrogen-bond acceptors (Lipinski definition) is 6. The van der Waals surface area contributed by atoms with E-state index in [-0.39, 0.29) is 11.6 Å². The molecule has 3 aromatic heterocycles. The molecule has 4 rings (SSSR count). The molecule has 0 aliphatic heterocycles. The minimum Gasteiger partial charge on any atom is -0.345 e. The van der Waals surface area contributed by atoms with Crippen LogP contribution in [0, 0.1) is 0 Å². The molecule has 6 nitrogen and oxygen atoms in total. The van der Waals surface area contributed by atoms with Crippen molar-refractivity contribution in [1.82, 2.24) is 25.3 Å². The molecule has 0 aliphatic carbocycles. The van der Waals surface area contributed by atoms with Crippen LogP contribution in [0.1, 0.15) is 16.2 Å². The Hall–Kier alpha value is -3.19. The lowest BCUT2D eigenvalue weighted by atomic mass is 10.2. The number of pyridine rings is 1. The molecule has 0 radical (unpaired) electrons. The van der Waals surface area contributed by atoms with E-state index in [1.54, 1.807) is 12.4 Å². The number of carbonyl (C=O) groups excluding carboxylic acids is 1. The Balaban J connectivity index is 1.63. The molecule has 0 unspecified atom stereocenters. The fourth-order valence-electron chi connectivity index (χ4n) is 2.39. The monoisotopic (exact) mass is 347 g/mol. The fraction of sp³-hybridized carbons (Fsp3) is 0.0556. The van der Waals surface area contributed by atoms with Crippen molar-refractivity contribution < 1.29 is 4.79 Å². The molecule has 4 aromatic rings. The van der Waals surface area contributed by atoms with Crippen LogP contribution in [0.3, 0.4) is 0 Å². The summed E-state index contributed by atoms with van der Waals surface area (Å²) in [7, 11) is 0. The molecule has 0 atom stereocenters. The number of fused-ring (bicyclic) bond motifs is 1. The maximum atomic E-state index is 12.6. The average molecular weight is 347 g/mol. The van der Waals surface area contributed by atoms with Crippen LogP contribution in [0.2, 0.25) is 0 Å². The summed E-state index contributed by atoms with van der Waals surface area (Å²) in [5.41, 5.74) is 2.41. The van der Waals surface area contributed by atoms with Crippen molar-refractivity contribution >= 4 is 27.5 Å². The van der Waals surface area contributed by atoms with Crippen LogP contribution in [0.15, 0.2) is 61.1 Å². The lowest BCUT2D eigenvalue weighted by Gasteiger charge is -2.06. The van der Waals surface area contributed by atoms with Gasteiger partial charge in [-0.05, 0) is 24.3 Å². The summed E-state index contributed by atoms with van der Waals surface area (Å²) in [6, 6.07) is 13.4. The SMILES string of the molecule is O=C(NCc1ccccn1)c1nccnc1-c1nc2ccccc2s1. The van der Waals surface area contributed by atoms with Crippen LogP contribution in [0.5, 0.6) is 0 Å². The Morgan fingerprint density at radius 1 is 0.960 bits per heavy atom. The van der Waals surface area contributed by atoms with Gasteiger partial charge in [-0.2, -0.15) is 0 Å². The van der Waals surface area contributed by atoms with Crippen molar-refractivity contribution in [3.8, 4) is 10.7 Å². The Morgan fingerprint density at radius 2 is 1.80 bits per heavy atom. The van der Waals surface area contributed by atoms with Crippen molar-refractivity contribution in [2.75, 3.05) is 0 Å². The van der Waals surface area contributed by atoms with Crippen molar-refractivity contribution in [2.45, 2.75) is 6.54 Å². The Labute approximate surface area is 147 Å². The summed E-state index contributed by atoms with van der Waals surface area (Å²) in [6.45, 7) is 0.329. The molecular weight excluding hydrogens is 334 g/mol. The molecular formula is C18H13N5OS. The number of aromatic nitrogens is 4. The zero-order valence-corrected chi connectivity index (χ0v) is 13.9. The largest absolute Gasteiger partial charge is 0.345 e. The van der Waals surface area contributed by atoms with Gasteiger partial charge in [0.2, 0.25) is 0 Å². The van der Waals surface area contributed by atoms with E-state index in [9.17, 15) is 4.79 Å². The molecule has 0 saturated carbocycles. The van der Waals surface area contributed by atoms with Crippen LogP contribution in [0.25, 0.3) is 20.9 Å². The minimum absolute atomic E-state index is 0.262. The van der Waals surface area contributed by atoms with Crippen LogP contribution in [-0.2, 0) is 6.54 Å². The van der Waals surface area contributed by atoms with Crippen LogP contribution >= 0.6 is 11.3 Å². The topological polar surface area (TPSA) is 80.7 Å². The van der Waals surface area contributed by atoms with Gasteiger partial charge >= 0.3 is 0 Å². The molecule has 3 heterocycles. The summed E-state index contributed by atoms with van der Waals surface area (Å²) < 4.78 is 1.04. The first-order chi connectivity index (χ1) is 12.3. The maximum Gasteiger partial charge on any atom is 0.272 e. The van der Waals surface area contributed by atoms with Gasteiger partial charge in [0.15, 0.2) is 5.69 Å². The molecule has 0 fully saturated rings. The predicted octanol–water partition coefficient (Wildman–Crippen LogP) is 3.08. The van der Waals surface area contributed by atoms with Gasteiger partial charge in [0.25, 0.3) is 5.91 Å². The van der Waals surface area contributed by atoms with E-state index in [1.165, 1.54) is 17.5 Å². The second-order valence-corrected chi connectivity index (χ2v) is 6.27. The van der Waals surface area contributed by atoms with E-state index in [4.69, 9.17) is 0 Å². The van der Waals surface area contributed by atoms with Gasteiger partial charge in [-0.25, -0.2) is 15.0 Å². The molecule has 0 bridgehead atoms. The zero-order valence-electron chi connectivity index (χ0n) is 13.1. The number of benzene rings is 1. The second kappa shape index (κ2) is 6.74. The molecule has 25 heavy (non-hydrogen) atoms. The second-order valence-electron chi connectivity index (χ2n) is 5.24. The molecule has 1 N–H and O–H groups in total. The predicted molar refractivity (Wildman–Crippen MR) is 96.1 cm³/mol. The lowest BCUT2D eigenvalue weighted by molar-refractivity contribution is 0.0946. The number of nitrogens with one attached hydrogen (secondary N) is 1. The molecule has 122 valence electrons. The van der Waals surface area contributed by atoms with Crippen LogP contribution in [0.4, 0.5) is 0 Å². The Morgan fingerprint density at radius 3 is 2.64 bits per heavy atom. The van der Waals surface area contributed by atoms with Gasteiger partial charge in [-0.3, -0.25) is 9.78 Å². The van der Waals surface area contributed by atoms with E-state index in [1.807, 2.05) is 42.5 Å². The van der Waals surface area contributed by atoms with E-state index in [0.717, 1.165) is 15.9 Å². The standard InChI is InChI=1S/C18H13N5OS/c24-17(22-11-12-5-3-4-8-19-12)15-16(21-10-9-20-15)18-23-13-6-1-2-7-14(13)25-18/h1-10H,11H2,(H,22,24). The highest BCUT2D eigenvalue weighted by atomic mass is 32.1.